The Morgan fingerprint density at radius 2 is 1.88 bits per heavy atom. The number of carbonyl (C=O) groups excluding carboxylic acids is 1. The van der Waals surface area contributed by atoms with Gasteiger partial charge in [-0.2, -0.15) is 5.10 Å². The lowest BCUT2D eigenvalue weighted by atomic mass is 10.2. The predicted octanol–water partition coefficient (Wildman–Crippen LogP) is 4.36. The number of benzene rings is 2. The molecular formula is C25H21N7OS. The fourth-order valence-electron chi connectivity index (χ4n) is 3.51. The van der Waals surface area contributed by atoms with E-state index in [1.165, 1.54) is 11.8 Å². The van der Waals surface area contributed by atoms with Crippen LogP contribution in [0.1, 0.15) is 11.1 Å². The van der Waals surface area contributed by atoms with Gasteiger partial charge in [0.05, 0.1) is 12.0 Å². The van der Waals surface area contributed by atoms with Crippen molar-refractivity contribution in [3.63, 3.8) is 0 Å². The molecule has 3 heterocycles. The SMILES string of the molecule is Cc1ccc(-n2c(SCC(=O)N/N=C\c3c[nH]c4ccccc34)nnc2-c2ccncc2)cc1. The first-order chi connectivity index (χ1) is 16.7. The van der Waals surface area contributed by atoms with Crippen LogP contribution in [0.2, 0.25) is 0 Å². The van der Waals surface area contributed by atoms with Gasteiger partial charge in [-0.25, -0.2) is 5.43 Å². The average molecular weight is 468 g/mol. The molecule has 0 bridgehead atoms. The van der Waals surface area contributed by atoms with Crippen molar-refractivity contribution in [2.45, 2.75) is 12.1 Å². The van der Waals surface area contributed by atoms with Crippen molar-refractivity contribution in [3.8, 4) is 17.1 Å². The Labute approximate surface area is 200 Å². The lowest BCUT2D eigenvalue weighted by Crippen LogP contribution is -2.20. The molecule has 34 heavy (non-hydrogen) atoms. The fraction of sp³-hybridized carbons (Fsp3) is 0.0800. The van der Waals surface area contributed by atoms with Crippen LogP contribution >= 0.6 is 11.8 Å². The van der Waals surface area contributed by atoms with Crippen molar-refractivity contribution in [1.82, 2.24) is 30.2 Å². The molecule has 0 saturated heterocycles. The van der Waals surface area contributed by atoms with Gasteiger partial charge in [-0.05, 0) is 37.3 Å². The second-order valence-electron chi connectivity index (χ2n) is 7.58. The Morgan fingerprint density at radius 1 is 1.09 bits per heavy atom. The molecule has 0 aliphatic carbocycles. The van der Waals surface area contributed by atoms with Crippen LogP contribution in [0.5, 0.6) is 0 Å². The summed E-state index contributed by atoms with van der Waals surface area (Å²) >= 11 is 1.30. The van der Waals surface area contributed by atoms with Gasteiger partial charge < -0.3 is 4.98 Å². The van der Waals surface area contributed by atoms with Crippen molar-refractivity contribution < 1.29 is 4.79 Å². The van der Waals surface area contributed by atoms with E-state index in [9.17, 15) is 4.79 Å². The summed E-state index contributed by atoms with van der Waals surface area (Å²) in [5.41, 5.74) is 7.48. The van der Waals surface area contributed by atoms with Crippen LogP contribution in [0, 0.1) is 6.92 Å². The van der Waals surface area contributed by atoms with E-state index in [0.717, 1.165) is 33.3 Å². The molecule has 0 fully saturated rings. The highest BCUT2D eigenvalue weighted by molar-refractivity contribution is 7.99. The summed E-state index contributed by atoms with van der Waals surface area (Å²) < 4.78 is 1.95. The van der Waals surface area contributed by atoms with Gasteiger partial charge in [-0.1, -0.05) is 47.7 Å². The Bertz CT molecular complexity index is 1460. The third-order valence-electron chi connectivity index (χ3n) is 5.21. The maximum atomic E-state index is 12.5. The molecule has 0 saturated carbocycles. The highest BCUT2D eigenvalue weighted by atomic mass is 32.2. The molecule has 0 aliphatic rings. The molecule has 0 atom stereocenters. The number of carbonyl (C=O) groups is 1. The number of amides is 1. The van der Waals surface area contributed by atoms with Gasteiger partial charge >= 0.3 is 0 Å². The summed E-state index contributed by atoms with van der Waals surface area (Å²) in [5, 5.41) is 14.5. The Hall–Kier alpha value is -4.24. The maximum absolute atomic E-state index is 12.5. The summed E-state index contributed by atoms with van der Waals surface area (Å²) in [4.78, 5) is 19.7. The van der Waals surface area contributed by atoms with Crippen LogP contribution in [0.25, 0.3) is 28.0 Å². The van der Waals surface area contributed by atoms with Crippen LogP contribution in [0.3, 0.4) is 0 Å². The number of aromatic amines is 1. The van der Waals surface area contributed by atoms with E-state index in [1.54, 1.807) is 18.6 Å². The minimum atomic E-state index is -0.231. The van der Waals surface area contributed by atoms with Gasteiger partial charge in [0.25, 0.3) is 5.91 Å². The van der Waals surface area contributed by atoms with Crippen molar-refractivity contribution >= 4 is 34.8 Å². The molecule has 5 aromatic rings. The number of hydrogen-bond donors (Lipinski definition) is 2. The fourth-order valence-corrected chi connectivity index (χ4v) is 4.26. The molecule has 0 unspecified atom stereocenters. The van der Waals surface area contributed by atoms with Crippen LogP contribution < -0.4 is 5.43 Å². The van der Waals surface area contributed by atoms with Gasteiger partial charge in [-0.15, -0.1) is 10.2 Å². The normalized spacial score (nSPS) is 11.3. The predicted molar refractivity (Wildman–Crippen MR) is 134 cm³/mol. The van der Waals surface area contributed by atoms with Crippen molar-refractivity contribution in [2.75, 3.05) is 5.75 Å². The minimum Gasteiger partial charge on any atom is -0.361 e. The Balaban J connectivity index is 1.31. The smallest absolute Gasteiger partial charge is 0.250 e. The lowest BCUT2D eigenvalue weighted by molar-refractivity contribution is -0.118. The molecule has 5 rings (SSSR count). The second kappa shape index (κ2) is 9.72. The van der Waals surface area contributed by atoms with Crippen molar-refractivity contribution in [3.05, 3.63) is 90.4 Å². The number of aryl methyl sites for hydroxylation is 1. The molecule has 0 spiro atoms. The zero-order valence-electron chi connectivity index (χ0n) is 18.3. The van der Waals surface area contributed by atoms with Gasteiger partial charge in [0.1, 0.15) is 0 Å². The van der Waals surface area contributed by atoms with E-state index in [4.69, 9.17) is 0 Å². The number of pyridine rings is 1. The molecular weight excluding hydrogens is 446 g/mol. The third kappa shape index (κ3) is 4.60. The first-order valence-electron chi connectivity index (χ1n) is 10.6. The van der Waals surface area contributed by atoms with Gasteiger partial charge in [0, 0.05) is 46.3 Å². The molecule has 2 aromatic carbocycles. The number of aromatic nitrogens is 5. The molecule has 2 N–H and O–H groups in total. The van der Waals surface area contributed by atoms with E-state index in [-0.39, 0.29) is 11.7 Å². The monoisotopic (exact) mass is 467 g/mol. The first kappa shape index (κ1) is 21.6. The van der Waals surface area contributed by atoms with E-state index in [1.807, 2.05) is 78.4 Å². The summed E-state index contributed by atoms with van der Waals surface area (Å²) in [6.07, 6.45) is 6.93. The molecule has 168 valence electrons. The number of fused-ring (bicyclic) bond motifs is 1. The van der Waals surface area contributed by atoms with Crippen LogP contribution in [0.15, 0.2) is 89.5 Å². The number of hydrazone groups is 1. The molecule has 0 aliphatic heterocycles. The van der Waals surface area contributed by atoms with Crippen molar-refractivity contribution in [1.29, 1.82) is 0 Å². The highest BCUT2D eigenvalue weighted by Crippen LogP contribution is 2.27. The highest BCUT2D eigenvalue weighted by Gasteiger charge is 2.17. The summed E-state index contributed by atoms with van der Waals surface area (Å²) in [6, 6.07) is 19.8. The molecule has 3 aromatic heterocycles. The standard InChI is InChI=1S/C25H21N7OS/c1-17-6-8-20(9-7-17)32-24(18-10-12-26-13-11-18)30-31-25(32)34-16-23(33)29-28-15-19-14-27-22-5-3-2-4-21(19)22/h2-15,27H,16H2,1H3,(H,29,33)/b28-15-. The number of hydrogen-bond acceptors (Lipinski definition) is 6. The van der Waals surface area contributed by atoms with Gasteiger partial charge in [0.2, 0.25) is 0 Å². The van der Waals surface area contributed by atoms with E-state index < -0.39 is 0 Å². The summed E-state index contributed by atoms with van der Waals surface area (Å²) in [6.45, 7) is 2.04. The first-order valence-corrected chi connectivity index (χ1v) is 11.6. The Kier molecular flexibility index (Phi) is 6.17. The molecule has 9 heteroatoms. The second-order valence-corrected chi connectivity index (χ2v) is 8.53. The minimum absolute atomic E-state index is 0.144. The lowest BCUT2D eigenvalue weighted by Gasteiger charge is -2.10. The quantitative estimate of drug-likeness (QED) is 0.210. The third-order valence-corrected chi connectivity index (χ3v) is 6.14. The number of para-hydroxylation sites is 1. The Morgan fingerprint density at radius 3 is 2.71 bits per heavy atom. The van der Waals surface area contributed by atoms with Gasteiger partial charge in [0.15, 0.2) is 11.0 Å². The number of nitrogens with one attached hydrogen (secondary N) is 2. The zero-order valence-corrected chi connectivity index (χ0v) is 19.2. The summed E-state index contributed by atoms with van der Waals surface area (Å²) in [5.74, 6) is 0.600. The van der Waals surface area contributed by atoms with Crippen LogP contribution in [0.4, 0.5) is 0 Å². The number of rotatable bonds is 7. The van der Waals surface area contributed by atoms with Crippen LogP contribution in [-0.4, -0.2) is 42.6 Å². The van der Waals surface area contributed by atoms with Crippen molar-refractivity contribution in [2.24, 2.45) is 5.10 Å². The topological polar surface area (TPSA) is 101 Å². The average Bonchev–Trinajstić information content (AvgIpc) is 3.48. The van der Waals surface area contributed by atoms with Gasteiger partial charge in [-0.3, -0.25) is 14.3 Å². The zero-order chi connectivity index (χ0) is 23.3. The maximum Gasteiger partial charge on any atom is 0.250 e. The van der Waals surface area contributed by atoms with E-state index in [0.29, 0.717) is 11.0 Å². The molecule has 1 amide bonds. The molecule has 8 nitrogen and oxygen atoms in total. The van der Waals surface area contributed by atoms with E-state index >= 15 is 0 Å². The largest absolute Gasteiger partial charge is 0.361 e. The number of nitrogens with zero attached hydrogens (tertiary/aromatic N) is 5. The van der Waals surface area contributed by atoms with E-state index in [2.05, 4.69) is 30.7 Å². The molecule has 0 radical (unpaired) electrons. The number of thioether (sulfide) groups is 1. The van der Waals surface area contributed by atoms with Crippen LogP contribution in [-0.2, 0) is 4.79 Å². The summed E-state index contributed by atoms with van der Waals surface area (Å²) in [7, 11) is 0. The number of H-pyrrole nitrogens is 1.